The standard InChI is InChI=1S/C15H30N2O2S2/c1-13-5-4-6-15(9-13,11-16-2)12-17-7-8-20-10-14(17)21(3,18)19/h13-14,16H,4-12H2,1-3H3. The van der Waals surface area contributed by atoms with Crippen LogP contribution in [0.15, 0.2) is 0 Å². The van der Waals surface area contributed by atoms with Gasteiger partial charge in [0.2, 0.25) is 0 Å². The summed E-state index contributed by atoms with van der Waals surface area (Å²) in [6.07, 6.45) is 6.42. The number of hydrogen-bond donors (Lipinski definition) is 1. The van der Waals surface area contributed by atoms with Gasteiger partial charge in [0.25, 0.3) is 0 Å². The van der Waals surface area contributed by atoms with Crippen LogP contribution in [0.5, 0.6) is 0 Å². The highest BCUT2D eigenvalue weighted by atomic mass is 32.2. The largest absolute Gasteiger partial charge is 0.319 e. The van der Waals surface area contributed by atoms with Crippen molar-refractivity contribution >= 4 is 21.6 Å². The molecule has 6 heteroatoms. The fourth-order valence-corrected chi connectivity index (χ4v) is 7.07. The van der Waals surface area contributed by atoms with Gasteiger partial charge in [-0.3, -0.25) is 4.90 Å². The van der Waals surface area contributed by atoms with Crippen LogP contribution >= 0.6 is 11.8 Å². The minimum atomic E-state index is -3.00. The molecule has 1 heterocycles. The Balaban J connectivity index is 2.14. The molecule has 1 aliphatic heterocycles. The van der Waals surface area contributed by atoms with E-state index in [1.54, 1.807) is 11.8 Å². The van der Waals surface area contributed by atoms with Crippen molar-refractivity contribution in [2.75, 3.05) is 44.4 Å². The Morgan fingerprint density at radius 2 is 2.19 bits per heavy atom. The van der Waals surface area contributed by atoms with Gasteiger partial charge < -0.3 is 5.32 Å². The highest BCUT2D eigenvalue weighted by Crippen LogP contribution is 2.40. The van der Waals surface area contributed by atoms with Gasteiger partial charge in [-0.2, -0.15) is 11.8 Å². The van der Waals surface area contributed by atoms with Crippen LogP contribution in [-0.4, -0.2) is 63.1 Å². The average molecular weight is 335 g/mol. The lowest BCUT2D eigenvalue weighted by Gasteiger charge is -2.46. The molecular formula is C15H30N2O2S2. The summed E-state index contributed by atoms with van der Waals surface area (Å²) in [6.45, 7) is 5.17. The smallest absolute Gasteiger partial charge is 0.164 e. The summed E-state index contributed by atoms with van der Waals surface area (Å²) in [5, 5.41) is 3.07. The molecule has 2 fully saturated rings. The molecule has 1 saturated carbocycles. The van der Waals surface area contributed by atoms with Gasteiger partial charge in [0.15, 0.2) is 9.84 Å². The Hall–Kier alpha value is 0.220. The van der Waals surface area contributed by atoms with E-state index in [4.69, 9.17) is 0 Å². The molecule has 1 N–H and O–H groups in total. The number of nitrogens with zero attached hydrogens (tertiary/aromatic N) is 1. The Morgan fingerprint density at radius 3 is 2.81 bits per heavy atom. The summed E-state index contributed by atoms with van der Waals surface area (Å²) in [7, 11) is -0.981. The van der Waals surface area contributed by atoms with Gasteiger partial charge in [-0.05, 0) is 31.2 Å². The van der Waals surface area contributed by atoms with E-state index in [2.05, 4.69) is 17.1 Å². The van der Waals surface area contributed by atoms with Crippen molar-refractivity contribution in [1.29, 1.82) is 0 Å². The molecule has 0 aromatic rings. The molecule has 0 aromatic carbocycles. The maximum atomic E-state index is 12.1. The summed E-state index contributed by atoms with van der Waals surface area (Å²) in [5.74, 6) is 2.53. The van der Waals surface area contributed by atoms with Crippen LogP contribution in [0.3, 0.4) is 0 Å². The SMILES string of the molecule is CNCC1(CN2CCSCC2S(C)(=O)=O)CCCC(C)C1. The van der Waals surface area contributed by atoms with E-state index in [0.717, 1.165) is 37.1 Å². The normalized spacial score (nSPS) is 35.8. The van der Waals surface area contributed by atoms with Gasteiger partial charge >= 0.3 is 0 Å². The molecule has 3 unspecified atom stereocenters. The first kappa shape index (κ1) is 17.6. The van der Waals surface area contributed by atoms with Gasteiger partial charge in [0, 0.05) is 37.4 Å². The third-order valence-corrected chi connectivity index (χ3v) is 7.65. The fraction of sp³-hybridized carbons (Fsp3) is 1.00. The number of rotatable bonds is 5. The Labute approximate surface area is 134 Å². The molecule has 0 amide bonds. The van der Waals surface area contributed by atoms with Crippen molar-refractivity contribution in [3.63, 3.8) is 0 Å². The van der Waals surface area contributed by atoms with Crippen LogP contribution < -0.4 is 5.32 Å². The van der Waals surface area contributed by atoms with Crippen LogP contribution in [0.2, 0.25) is 0 Å². The summed E-state index contributed by atoms with van der Waals surface area (Å²) in [5.41, 5.74) is 0.247. The molecule has 2 aliphatic rings. The molecule has 3 atom stereocenters. The Kier molecular flexibility index (Phi) is 6.02. The van der Waals surface area contributed by atoms with Crippen LogP contribution in [0.25, 0.3) is 0 Å². The lowest BCUT2D eigenvalue weighted by molar-refractivity contribution is 0.0799. The molecule has 1 saturated heterocycles. The molecule has 0 radical (unpaired) electrons. The topological polar surface area (TPSA) is 49.4 Å². The third-order valence-electron chi connectivity index (χ3n) is 4.96. The maximum Gasteiger partial charge on any atom is 0.164 e. The fourth-order valence-electron chi connectivity index (χ4n) is 4.13. The minimum Gasteiger partial charge on any atom is -0.319 e. The lowest BCUT2D eigenvalue weighted by atomic mass is 9.69. The maximum absolute atomic E-state index is 12.1. The first-order chi connectivity index (χ1) is 9.86. The van der Waals surface area contributed by atoms with Crippen molar-refractivity contribution in [1.82, 2.24) is 10.2 Å². The zero-order chi connectivity index (χ0) is 15.5. The van der Waals surface area contributed by atoms with Gasteiger partial charge in [0.1, 0.15) is 5.37 Å². The Morgan fingerprint density at radius 1 is 1.43 bits per heavy atom. The first-order valence-corrected chi connectivity index (χ1v) is 11.1. The van der Waals surface area contributed by atoms with E-state index in [-0.39, 0.29) is 10.8 Å². The molecule has 0 bridgehead atoms. The second-order valence-electron chi connectivity index (χ2n) is 7.06. The monoisotopic (exact) mass is 334 g/mol. The summed E-state index contributed by atoms with van der Waals surface area (Å²) in [6, 6.07) is 0. The van der Waals surface area contributed by atoms with Gasteiger partial charge in [-0.25, -0.2) is 8.42 Å². The Bertz CT molecular complexity index is 437. The van der Waals surface area contributed by atoms with Gasteiger partial charge in [-0.15, -0.1) is 0 Å². The third kappa shape index (κ3) is 4.60. The molecular weight excluding hydrogens is 304 g/mol. The average Bonchev–Trinajstić information content (AvgIpc) is 2.38. The lowest BCUT2D eigenvalue weighted by Crippen LogP contribution is -2.54. The summed E-state index contributed by atoms with van der Waals surface area (Å²) in [4.78, 5) is 2.25. The molecule has 2 rings (SSSR count). The van der Waals surface area contributed by atoms with Crippen molar-refractivity contribution in [3.05, 3.63) is 0 Å². The van der Waals surface area contributed by atoms with Crippen molar-refractivity contribution in [2.45, 2.75) is 38.0 Å². The van der Waals surface area contributed by atoms with E-state index in [1.165, 1.54) is 31.9 Å². The number of hydrogen-bond acceptors (Lipinski definition) is 5. The van der Waals surface area contributed by atoms with Crippen molar-refractivity contribution < 1.29 is 8.42 Å². The van der Waals surface area contributed by atoms with E-state index < -0.39 is 9.84 Å². The van der Waals surface area contributed by atoms with E-state index in [0.29, 0.717) is 0 Å². The van der Waals surface area contributed by atoms with Gasteiger partial charge in [-0.1, -0.05) is 19.8 Å². The zero-order valence-electron chi connectivity index (χ0n) is 13.6. The molecule has 21 heavy (non-hydrogen) atoms. The quantitative estimate of drug-likeness (QED) is 0.831. The minimum absolute atomic E-state index is 0.247. The second-order valence-corrected chi connectivity index (χ2v) is 10.4. The molecule has 124 valence electrons. The summed E-state index contributed by atoms with van der Waals surface area (Å²) < 4.78 is 24.2. The highest BCUT2D eigenvalue weighted by Gasteiger charge is 2.40. The van der Waals surface area contributed by atoms with E-state index in [1.807, 2.05) is 7.05 Å². The van der Waals surface area contributed by atoms with Crippen molar-refractivity contribution in [3.8, 4) is 0 Å². The predicted octanol–water partition coefficient (Wildman–Crippen LogP) is 1.82. The number of nitrogens with one attached hydrogen (secondary N) is 1. The summed E-state index contributed by atoms with van der Waals surface area (Å²) >= 11 is 1.77. The molecule has 0 spiro atoms. The van der Waals surface area contributed by atoms with Crippen LogP contribution in [0, 0.1) is 11.3 Å². The number of sulfone groups is 1. The molecule has 4 nitrogen and oxygen atoms in total. The highest BCUT2D eigenvalue weighted by molar-refractivity contribution is 8.00. The van der Waals surface area contributed by atoms with Crippen LogP contribution in [0.1, 0.15) is 32.6 Å². The first-order valence-electron chi connectivity index (χ1n) is 8.02. The van der Waals surface area contributed by atoms with Crippen LogP contribution in [0.4, 0.5) is 0 Å². The van der Waals surface area contributed by atoms with Crippen LogP contribution in [-0.2, 0) is 9.84 Å². The van der Waals surface area contributed by atoms with E-state index in [9.17, 15) is 8.42 Å². The second kappa shape index (κ2) is 7.20. The van der Waals surface area contributed by atoms with Gasteiger partial charge in [0.05, 0.1) is 0 Å². The molecule has 0 aromatic heterocycles. The number of thioether (sulfide) groups is 1. The zero-order valence-corrected chi connectivity index (χ0v) is 15.2. The van der Waals surface area contributed by atoms with Crippen molar-refractivity contribution in [2.24, 2.45) is 11.3 Å². The van der Waals surface area contributed by atoms with E-state index >= 15 is 0 Å². The molecule has 1 aliphatic carbocycles. The predicted molar refractivity (Wildman–Crippen MR) is 91.5 cm³/mol.